The van der Waals surface area contributed by atoms with Gasteiger partial charge in [0.15, 0.2) is 18.1 Å². The number of benzene rings is 1. The van der Waals surface area contributed by atoms with E-state index >= 15 is 0 Å². The molecule has 3 rings (SSSR count). The molecule has 1 amide bonds. The first-order valence-corrected chi connectivity index (χ1v) is 8.14. The van der Waals surface area contributed by atoms with Crippen molar-refractivity contribution in [1.82, 2.24) is 9.88 Å². The maximum Gasteiger partial charge on any atom is 0.355 e. The number of carbonyl (C=O) groups excluding carboxylic acids is 2. The summed E-state index contributed by atoms with van der Waals surface area (Å²) in [6.45, 7) is 3.55. The highest BCUT2D eigenvalue weighted by atomic mass is 16.6. The van der Waals surface area contributed by atoms with Gasteiger partial charge in [-0.1, -0.05) is 6.07 Å². The molecule has 1 N–H and O–H groups in total. The Morgan fingerprint density at radius 2 is 2.00 bits per heavy atom. The van der Waals surface area contributed by atoms with Crippen LogP contribution in [0.25, 0.3) is 0 Å². The molecule has 0 bridgehead atoms. The molecule has 0 fully saturated rings. The summed E-state index contributed by atoms with van der Waals surface area (Å²) in [7, 11) is 0. The lowest BCUT2D eigenvalue weighted by Crippen LogP contribution is -2.34. The Morgan fingerprint density at radius 3 is 2.72 bits per heavy atom. The number of carbonyl (C=O) groups is 2. The van der Waals surface area contributed by atoms with Gasteiger partial charge in [-0.05, 0) is 36.8 Å². The van der Waals surface area contributed by atoms with Crippen LogP contribution in [0.1, 0.15) is 23.0 Å². The van der Waals surface area contributed by atoms with E-state index < -0.39 is 5.97 Å². The first kappa shape index (κ1) is 16.9. The first-order chi connectivity index (χ1) is 12.2. The minimum absolute atomic E-state index is 0.253. The van der Waals surface area contributed by atoms with Gasteiger partial charge in [-0.15, -0.1) is 0 Å². The van der Waals surface area contributed by atoms with Gasteiger partial charge in [0.1, 0.15) is 18.9 Å². The molecule has 2 aromatic rings. The zero-order valence-corrected chi connectivity index (χ0v) is 14.0. The van der Waals surface area contributed by atoms with Gasteiger partial charge < -0.3 is 24.1 Å². The van der Waals surface area contributed by atoms with Crippen LogP contribution in [0.4, 0.5) is 0 Å². The summed E-state index contributed by atoms with van der Waals surface area (Å²) in [5.41, 5.74) is 1.25. The van der Waals surface area contributed by atoms with Crippen molar-refractivity contribution >= 4 is 11.9 Å². The Morgan fingerprint density at radius 1 is 1.20 bits per heavy atom. The third kappa shape index (κ3) is 4.12. The third-order valence-corrected chi connectivity index (χ3v) is 3.86. The molecule has 0 saturated heterocycles. The van der Waals surface area contributed by atoms with Crippen LogP contribution in [0.15, 0.2) is 36.5 Å². The number of rotatable bonds is 6. The van der Waals surface area contributed by atoms with Gasteiger partial charge in [-0.25, -0.2) is 4.79 Å². The second kappa shape index (κ2) is 7.74. The number of esters is 1. The van der Waals surface area contributed by atoms with E-state index in [0.29, 0.717) is 43.5 Å². The third-order valence-electron chi connectivity index (χ3n) is 3.86. The van der Waals surface area contributed by atoms with Crippen molar-refractivity contribution in [2.24, 2.45) is 0 Å². The number of aromatic amines is 1. The van der Waals surface area contributed by atoms with Gasteiger partial charge >= 0.3 is 5.97 Å². The predicted molar refractivity (Wildman–Crippen MR) is 89.6 cm³/mol. The molecule has 0 unspecified atom stereocenters. The molecule has 7 heteroatoms. The second-order valence-electron chi connectivity index (χ2n) is 5.55. The van der Waals surface area contributed by atoms with E-state index in [9.17, 15) is 9.59 Å². The highest BCUT2D eigenvalue weighted by Crippen LogP contribution is 2.31. The lowest BCUT2D eigenvalue weighted by atomic mass is 10.1. The molecule has 1 aromatic carbocycles. The number of H-pyrrole nitrogens is 1. The SMILES string of the molecule is CCN(Cc1ccc2c(c1)OCCO2)C(=O)COC(=O)c1ccc[nH]1. The van der Waals surface area contributed by atoms with Crippen LogP contribution in [0.3, 0.4) is 0 Å². The molecule has 2 heterocycles. The number of nitrogens with one attached hydrogen (secondary N) is 1. The summed E-state index contributed by atoms with van der Waals surface area (Å²) in [5, 5.41) is 0. The largest absolute Gasteiger partial charge is 0.486 e. The molecule has 0 aliphatic carbocycles. The molecule has 7 nitrogen and oxygen atoms in total. The Bertz CT molecular complexity index is 742. The minimum Gasteiger partial charge on any atom is -0.486 e. The lowest BCUT2D eigenvalue weighted by Gasteiger charge is -2.23. The van der Waals surface area contributed by atoms with E-state index in [0.717, 1.165) is 5.56 Å². The van der Waals surface area contributed by atoms with E-state index in [2.05, 4.69) is 4.98 Å². The van der Waals surface area contributed by atoms with Crippen molar-refractivity contribution < 1.29 is 23.8 Å². The Kier molecular flexibility index (Phi) is 5.23. The lowest BCUT2D eigenvalue weighted by molar-refractivity contribution is -0.134. The van der Waals surface area contributed by atoms with Crippen molar-refractivity contribution in [3.05, 3.63) is 47.8 Å². The van der Waals surface area contributed by atoms with Gasteiger partial charge in [0.2, 0.25) is 0 Å². The van der Waals surface area contributed by atoms with Crippen LogP contribution in [0.2, 0.25) is 0 Å². The fraction of sp³-hybridized carbons (Fsp3) is 0.333. The maximum absolute atomic E-state index is 12.3. The topological polar surface area (TPSA) is 80.9 Å². The standard InChI is InChI=1S/C18H20N2O5/c1-2-20(17(21)12-25-18(22)14-4-3-7-19-14)11-13-5-6-15-16(10-13)24-9-8-23-15/h3-7,10,19H,2,8-9,11-12H2,1H3. The van der Waals surface area contributed by atoms with Crippen LogP contribution in [-0.2, 0) is 16.1 Å². The Hall–Kier alpha value is -2.96. The Balaban J connectivity index is 1.58. The molecular formula is C18H20N2O5. The van der Waals surface area contributed by atoms with Crippen molar-refractivity contribution in [1.29, 1.82) is 0 Å². The number of ether oxygens (including phenoxy) is 3. The van der Waals surface area contributed by atoms with Crippen molar-refractivity contribution in [2.75, 3.05) is 26.4 Å². The molecule has 1 aromatic heterocycles. The fourth-order valence-electron chi connectivity index (χ4n) is 2.54. The van der Waals surface area contributed by atoms with Gasteiger partial charge in [0, 0.05) is 19.3 Å². The van der Waals surface area contributed by atoms with E-state index in [1.54, 1.807) is 23.2 Å². The quantitative estimate of drug-likeness (QED) is 0.811. The summed E-state index contributed by atoms with van der Waals surface area (Å²) in [6.07, 6.45) is 1.62. The molecule has 0 spiro atoms. The molecule has 25 heavy (non-hydrogen) atoms. The van der Waals surface area contributed by atoms with Gasteiger partial charge in [-0.3, -0.25) is 4.79 Å². The van der Waals surface area contributed by atoms with Crippen LogP contribution in [0, 0.1) is 0 Å². The molecule has 0 saturated carbocycles. The number of amides is 1. The summed E-state index contributed by atoms with van der Waals surface area (Å²) in [4.78, 5) is 28.5. The number of nitrogens with zero attached hydrogens (tertiary/aromatic N) is 1. The monoisotopic (exact) mass is 344 g/mol. The van der Waals surface area contributed by atoms with Gasteiger partial charge in [-0.2, -0.15) is 0 Å². The predicted octanol–water partition coefficient (Wildman–Crippen LogP) is 1.99. The maximum atomic E-state index is 12.3. The minimum atomic E-state index is -0.547. The van der Waals surface area contributed by atoms with E-state index in [1.165, 1.54) is 0 Å². The van der Waals surface area contributed by atoms with Crippen LogP contribution in [-0.4, -0.2) is 48.1 Å². The zero-order chi connectivity index (χ0) is 17.6. The van der Waals surface area contributed by atoms with Crippen LogP contribution >= 0.6 is 0 Å². The molecule has 132 valence electrons. The number of likely N-dealkylation sites (N-methyl/N-ethyl adjacent to an activating group) is 1. The number of hydrogen-bond acceptors (Lipinski definition) is 5. The van der Waals surface area contributed by atoms with Crippen molar-refractivity contribution in [3.8, 4) is 11.5 Å². The first-order valence-electron chi connectivity index (χ1n) is 8.14. The average molecular weight is 344 g/mol. The van der Waals surface area contributed by atoms with E-state index in [1.807, 2.05) is 25.1 Å². The zero-order valence-electron chi connectivity index (χ0n) is 14.0. The molecule has 0 radical (unpaired) electrons. The number of hydrogen-bond donors (Lipinski definition) is 1. The number of fused-ring (bicyclic) bond motifs is 1. The molecule has 1 aliphatic rings. The molecular weight excluding hydrogens is 324 g/mol. The average Bonchev–Trinajstić information content (AvgIpc) is 3.18. The molecule has 1 aliphatic heterocycles. The van der Waals surface area contributed by atoms with Crippen molar-refractivity contribution in [3.63, 3.8) is 0 Å². The second-order valence-corrected chi connectivity index (χ2v) is 5.55. The van der Waals surface area contributed by atoms with E-state index in [-0.39, 0.29) is 12.5 Å². The van der Waals surface area contributed by atoms with E-state index in [4.69, 9.17) is 14.2 Å². The highest BCUT2D eigenvalue weighted by Gasteiger charge is 2.18. The number of aromatic nitrogens is 1. The summed E-state index contributed by atoms with van der Waals surface area (Å²) in [6, 6.07) is 8.90. The Labute approximate surface area is 145 Å². The summed E-state index contributed by atoms with van der Waals surface area (Å²) in [5.74, 6) is 0.598. The smallest absolute Gasteiger partial charge is 0.355 e. The van der Waals surface area contributed by atoms with Gasteiger partial charge in [0.25, 0.3) is 5.91 Å². The highest BCUT2D eigenvalue weighted by molar-refractivity contribution is 5.89. The summed E-state index contributed by atoms with van der Waals surface area (Å²) >= 11 is 0. The molecule has 0 atom stereocenters. The summed E-state index contributed by atoms with van der Waals surface area (Å²) < 4.78 is 16.1. The fourth-order valence-corrected chi connectivity index (χ4v) is 2.54. The normalized spacial score (nSPS) is 12.5. The van der Waals surface area contributed by atoms with Crippen LogP contribution < -0.4 is 9.47 Å². The van der Waals surface area contributed by atoms with Crippen molar-refractivity contribution in [2.45, 2.75) is 13.5 Å². The van der Waals surface area contributed by atoms with Crippen LogP contribution in [0.5, 0.6) is 11.5 Å². The van der Waals surface area contributed by atoms with Gasteiger partial charge in [0.05, 0.1) is 0 Å².